The van der Waals surface area contributed by atoms with Gasteiger partial charge in [-0.05, 0) is 61.3 Å². The molecule has 2 aromatic carbocycles. The maximum Gasteiger partial charge on any atom is 0.416 e. The number of nitrogens with one attached hydrogen (secondary N) is 2. The first-order valence-corrected chi connectivity index (χ1v) is 12.8. The highest BCUT2D eigenvalue weighted by atomic mass is 19.4. The molecule has 200 valence electrons. The molecule has 3 unspecified atom stereocenters. The number of hydrogen-bond donors (Lipinski definition) is 2. The molecule has 6 heteroatoms. The first-order chi connectivity index (χ1) is 17.1. The number of benzene rings is 2. The minimum Gasteiger partial charge on any atom is -0.492 e. The van der Waals surface area contributed by atoms with Crippen LogP contribution in [0.3, 0.4) is 0 Å². The van der Waals surface area contributed by atoms with Gasteiger partial charge in [0.1, 0.15) is 5.76 Å². The van der Waals surface area contributed by atoms with Gasteiger partial charge in [-0.15, -0.1) is 0 Å². The van der Waals surface area contributed by atoms with E-state index in [4.69, 9.17) is 4.74 Å². The van der Waals surface area contributed by atoms with E-state index < -0.39 is 11.7 Å². The van der Waals surface area contributed by atoms with Crippen molar-refractivity contribution in [3.63, 3.8) is 0 Å². The van der Waals surface area contributed by atoms with Crippen molar-refractivity contribution in [2.45, 2.75) is 59.6 Å². The maximum absolute atomic E-state index is 13.0. The third-order valence-electron chi connectivity index (χ3n) is 6.15. The second-order valence-corrected chi connectivity index (χ2v) is 8.78. The van der Waals surface area contributed by atoms with Crippen molar-refractivity contribution in [3.05, 3.63) is 90.3 Å². The molecule has 36 heavy (non-hydrogen) atoms. The molecule has 0 aliphatic carbocycles. The normalized spacial score (nSPS) is 17.0. The molecule has 2 N–H and O–H groups in total. The quantitative estimate of drug-likeness (QED) is 0.265. The standard InChI is InChI=1S/C22H31F3N2O.C6H6.C2H6/c1-6-28-17(5)16(4)26-12-14(2)7-8-18-13-27-21-10-9-19(22(23,24)25)11-20(21)15(18)3;1-2-4-6-5-3-1;1-2/h9-11,14-15,18,26-27H,4-8,12-13H2,1-3H3;1-6H;1-2H3. The van der Waals surface area contributed by atoms with Crippen LogP contribution in [-0.4, -0.2) is 19.7 Å². The van der Waals surface area contributed by atoms with Gasteiger partial charge in [0.05, 0.1) is 17.9 Å². The smallest absolute Gasteiger partial charge is 0.416 e. The predicted molar refractivity (Wildman–Crippen MR) is 146 cm³/mol. The number of anilines is 1. The van der Waals surface area contributed by atoms with E-state index in [-0.39, 0.29) is 5.92 Å². The lowest BCUT2D eigenvalue weighted by molar-refractivity contribution is -0.137. The van der Waals surface area contributed by atoms with Gasteiger partial charge in [0, 0.05) is 18.8 Å². The molecule has 1 heterocycles. The Hall–Kier alpha value is -2.89. The lowest BCUT2D eigenvalue weighted by Gasteiger charge is -2.33. The number of rotatable bonds is 9. The van der Waals surface area contributed by atoms with Crippen LogP contribution in [0, 0.1) is 11.8 Å². The fraction of sp³-hybridized carbons (Fsp3) is 0.467. The average molecular weight is 505 g/mol. The molecule has 1 aliphatic heterocycles. The summed E-state index contributed by atoms with van der Waals surface area (Å²) >= 11 is 0. The van der Waals surface area contributed by atoms with E-state index in [0.717, 1.165) is 43.2 Å². The first-order valence-electron chi connectivity index (χ1n) is 12.8. The Balaban J connectivity index is 0.000000694. The van der Waals surface area contributed by atoms with Gasteiger partial charge in [0.25, 0.3) is 0 Å². The van der Waals surface area contributed by atoms with Gasteiger partial charge in [0.2, 0.25) is 0 Å². The van der Waals surface area contributed by atoms with Gasteiger partial charge in [-0.1, -0.05) is 77.3 Å². The van der Waals surface area contributed by atoms with Crippen molar-refractivity contribution in [2.75, 3.05) is 25.0 Å². The molecule has 0 spiro atoms. The first kappa shape index (κ1) is 31.1. The van der Waals surface area contributed by atoms with E-state index in [1.165, 1.54) is 6.07 Å². The minimum atomic E-state index is -4.31. The van der Waals surface area contributed by atoms with E-state index in [9.17, 15) is 13.2 Å². The van der Waals surface area contributed by atoms with E-state index in [2.05, 4.69) is 30.7 Å². The fourth-order valence-electron chi connectivity index (χ4n) is 3.94. The van der Waals surface area contributed by atoms with Crippen LogP contribution in [0.2, 0.25) is 0 Å². The fourth-order valence-corrected chi connectivity index (χ4v) is 3.94. The Kier molecular flexibility index (Phi) is 13.8. The predicted octanol–water partition coefficient (Wildman–Crippen LogP) is 8.63. The lowest BCUT2D eigenvalue weighted by Crippen LogP contribution is -2.28. The Labute approximate surface area is 215 Å². The van der Waals surface area contributed by atoms with Crippen LogP contribution >= 0.6 is 0 Å². The van der Waals surface area contributed by atoms with Gasteiger partial charge in [-0.3, -0.25) is 0 Å². The molecule has 0 amide bonds. The minimum absolute atomic E-state index is 0.0893. The van der Waals surface area contributed by atoms with Crippen molar-refractivity contribution in [1.29, 1.82) is 0 Å². The summed E-state index contributed by atoms with van der Waals surface area (Å²) in [4.78, 5) is 0. The number of ether oxygens (including phenoxy) is 1. The Bertz CT molecular complexity index is 885. The highest BCUT2D eigenvalue weighted by Gasteiger charge is 2.33. The van der Waals surface area contributed by atoms with Crippen LogP contribution in [0.15, 0.2) is 79.2 Å². The molecule has 3 rings (SSSR count). The molecular formula is C30H43F3N2O. The molecule has 1 aliphatic rings. The number of hydrogen-bond acceptors (Lipinski definition) is 3. The number of fused-ring (bicyclic) bond motifs is 1. The summed E-state index contributed by atoms with van der Waals surface area (Å²) in [6.45, 7) is 19.9. The summed E-state index contributed by atoms with van der Waals surface area (Å²) in [5.74, 6) is 1.35. The van der Waals surface area contributed by atoms with E-state index in [0.29, 0.717) is 29.9 Å². The summed E-state index contributed by atoms with van der Waals surface area (Å²) in [6.07, 6.45) is -2.38. The van der Waals surface area contributed by atoms with Gasteiger partial charge in [-0.2, -0.15) is 13.2 Å². The van der Waals surface area contributed by atoms with Crippen LogP contribution in [0.4, 0.5) is 18.9 Å². The molecule has 0 aromatic heterocycles. The van der Waals surface area contributed by atoms with Crippen molar-refractivity contribution < 1.29 is 17.9 Å². The van der Waals surface area contributed by atoms with Crippen LogP contribution < -0.4 is 10.6 Å². The van der Waals surface area contributed by atoms with Gasteiger partial charge < -0.3 is 15.4 Å². The van der Waals surface area contributed by atoms with Crippen molar-refractivity contribution in [1.82, 2.24) is 5.32 Å². The van der Waals surface area contributed by atoms with Gasteiger partial charge in [-0.25, -0.2) is 0 Å². The summed E-state index contributed by atoms with van der Waals surface area (Å²) < 4.78 is 44.5. The molecule has 0 saturated heterocycles. The Morgan fingerprint density at radius 3 is 2.22 bits per heavy atom. The second-order valence-electron chi connectivity index (χ2n) is 8.78. The zero-order valence-electron chi connectivity index (χ0n) is 22.4. The van der Waals surface area contributed by atoms with Crippen molar-refractivity contribution in [3.8, 4) is 0 Å². The molecule has 3 nitrogen and oxygen atoms in total. The van der Waals surface area contributed by atoms with E-state index in [1.54, 1.807) is 6.07 Å². The summed E-state index contributed by atoms with van der Waals surface area (Å²) in [5, 5.41) is 6.55. The molecule has 0 bridgehead atoms. The van der Waals surface area contributed by atoms with Crippen LogP contribution in [0.1, 0.15) is 64.5 Å². The molecular weight excluding hydrogens is 461 g/mol. The molecule has 2 aromatic rings. The largest absolute Gasteiger partial charge is 0.492 e. The second kappa shape index (κ2) is 16.0. The van der Waals surface area contributed by atoms with Crippen molar-refractivity contribution in [2.24, 2.45) is 11.8 Å². The summed E-state index contributed by atoms with van der Waals surface area (Å²) in [5.41, 5.74) is 1.69. The zero-order chi connectivity index (χ0) is 27.1. The number of alkyl halides is 3. The van der Waals surface area contributed by atoms with Crippen LogP contribution in [0.25, 0.3) is 0 Å². The van der Waals surface area contributed by atoms with E-state index in [1.807, 2.05) is 64.1 Å². The van der Waals surface area contributed by atoms with E-state index >= 15 is 0 Å². The van der Waals surface area contributed by atoms with Crippen molar-refractivity contribution >= 4 is 5.69 Å². The number of halogens is 3. The summed E-state index contributed by atoms with van der Waals surface area (Å²) in [6, 6.07) is 16.0. The third-order valence-corrected chi connectivity index (χ3v) is 6.15. The molecule has 0 radical (unpaired) electrons. The molecule has 3 atom stereocenters. The molecule has 0 fully saturated rings. The summed E-state index contributed by atoms with van der Waals surface area (Å²) in [7, 11) is 0. The zero-order valence-corrected chi connectivity index (χ0v) is 22.4. The van der Waals surface area contributed by atoms with Gasteiger partial charge >= 0.3 is 6.18 Å². The topological polar surface area (TPSA) is 33.3 Å². The Morgan fingerprint density at radius 1 is 1.11 bits per heavy atom. The maximum atomic E-state index is 13.0. The lowest BCUT2D eigenvalue weighted by atomic mass is 9.79. The molecule has 0 saturated carbocycles. The Morgan fingerprint density at radius 2 is 1.69 bits per heavy atom. The average Bonchev–Trinajstić information content (AvgIpc) is 2.89. The van der Waals surface area contributed by atoms with Gasteiger partial charge in [0.15, 0.2) is 0 Å². The van der Waals surface area contributed by atoms with Crippen LogP contribution in [0.5, 0.6) is 0 Å². The van der Waals surface area contributed by atoms with Crippen LogP contribution in [-0.2, 0) is 10.9 Å². The SMILES string of the molecule is C=C(NCC(C)CCC1CNc2ccc(C(F)(F)F)cc2C1C)C(=C)OCC.CC.c1ccccc1. The monoisotopic (exact) mass is 504 g/mol. The highest BCUT2D eigenvalue weighted by molar-refractivity contribution is 5.56. The third kappa shape index (κ3) is 10.4. The highest BCUT2D eigenvalue weighted by Crippen LogP contribution is 2.40.